The molecule has 0 atom stereocenters. The Morgan fingerprint density at radius 3 is 2.30 bits per heavy atom. The van der Waals surface area contributed by atoms with Crippen LogP contribution in [0.2, 0.25) is 0 Å². The Bertz CT molecular complexity index is 228. The van der Waals surface area contributed by atoms with Crippen LogP contribution in [0, 0.1) is 6.92 Å². The van der Waals surface area contributed by atoms with Gasteiger partial charge in [0.05, 0.1) is 5.69 Å². The maximum absolute atomic E-state index is 3.86. The molecular formula is C7H7IN2. The number of benzene rings is 1. The van der Waals surface area contributed by atoms with Crippen molar-refractivity contribution in [3.8, 4) is 0 Å². The van der Waals surface area contributed by atoms with Crippen molar-refractivity contribution >= 4 is 28.6 Å². The fraction of sp³-hybridized carbons (Fsp3) is 0.143. The lowest BCUT2D eigenvalue weighted by molar-refractivity contribution is 1.34. The van der Waals surface area contributed by atoms with Gasteiger partial charge in [-0.15, -0.1) is 8.44 Å². The minimum atomic E-state index is 0.903. The van der Waals surface area contributed by atoms with Gasteiger partial charge in [-0.1, -0.05) is 17.7 Å². The highest BCUT2D eigenvalue weighted by Gasteiger charge is 1.85. The third-order valence-corrected chi connectivity index (χ3v) is 1.40. The second-order valence-corrected chi connectivity index (χ2v) is 2.44. The highest BCUT2D eigenvalue weighted by Crippen LogP contribution is 2.13. The maximum atomic E-state index is 3.86. The third-order valence-electron chi connectivity index (χ3n) is 1.19. The number of rotatable bonds is 1. The topological polar surface area (TPSA) is 24.7 Å². The zero-order valence-corrected chi connectivity index (χ0v) is 7.74. The molecule has 10 heavy (non-hydrogen) atoms. The van der Waals surface area contributed by atoms with Crippen LogP contribution in [0.4, 0.5) is 5.69 Å². The summed E-state index contributed by atoms with van der Waals surface area (Å²) in [4.78, 5) is 0. The summed E-state index contributed by atoms with van der Waals surface area (Å²) in [6.45, 7) is 2.05. The molecule has 2 nitrogen and oxygen atoms in total. The Kier molecular flexibility index (Phi) is 2.80. The molecule has 1 aromatic rings. The summed E-state index contributed by atoms with van der Waals surface area (Å²) >= 11 is 1.86. The van der Waals surface area contributed by atoms with E-state index in [4.69, 9.17) is 0 Å². The van der Waals surface area contributed by atoms with Gasteiger partial charge in [-0.05, 0) is 19.1 Å². The van der Waals surface area contributed by atoms with E-state index in [9.17, 15) is 0 Å². The molecule has 0 aliphatic carbocycles. The molecule has 0 heterocycles. The summed E-state index contributed by atoms with van der Waals surface area (Å²) in [5.74, 6) is 0. The molecule has 0 fully saturated rings. The first-order valence-electron chi connectivity index (χ1n) is 2.91. The molecule has 0 saturated heterocycles. The molecule has 1 rings (SSSR count). The smallest absolute Gasteiger partial charge is 0.111 e. The van der Waals surface area contributed by atoms with Crippen LogP contribution in [-0.2, 0) is 0 Å². The minimum absolute atomic E-state index is 0.903. The van der Waals surface area contributed by atoms with Crippen molar-refractivity contribution < 1.29 is 0 Å². The molecule has 0 aliphatic heterocycles. The van der Waals surface area contributed by atoms with Crippen molar-refractivity contribution in [1.82, 2.24) is 0 Å². The molecule has 0 aliphatic rings. The number of nitrogens with zero attached hydrogens (tertiary/aromatic N) is 2. The Labute approximate surface area is 73.9 Å². The van der Waals surface area contributed by atoms with Gasteiger partial charge in [-0.25, -0.2) is 0 Å². The van der Waals surface area contributed by atoms with E-state index >= 15 is 0 Å². The van der Waals surface area contributed by atoms with Crippen molar-refractivity contribution in [3.63, 3.8) is 0 Å². The average molecular weight is 246 g/mol. The standard InChI is InChI=1S/C7H7IN2/c1-6-2-4-7(5-3-6)9-10-8/h2-5H,1H3. The summed E-state index contributed by atoms with van der Waals surface area (Å²) in [7, 11) is 0. The van der Waals surface area contributed by atoms with Crippen LogP contribution >= 0.6 is 22.9 Å². The van der Waals surface area contributed by atoms with Crippen molar-refractivity contribution in [3.05, 3.63) is 29.8 Å². The highest BCUT2D eigenvalue weighted by atomic mass is 127. The lowest BCUT2D eigenvalue weighted by Gasteiger charge is -1.90. The van der Waals surface area contributed by atoms with Gasteiger partial charge < -0.3 is 0 Å². The van der Waals surface area contributed by atoms with E-state index in [-0.39, 0.29) is 0 Å². The summed E-state index contributed by atoms with van der Waals surface area (Å²) in [6, 6.07) is 7.91. The second-order valence-electron chi connectivity index (χ2n) is 2.01. The molecule has 0 saturated carbocycles. The van der Waals surface area contributed by atoms with Gasteiger partial charge in [0.1, 0.15) is 22.9 Å². The van der Waals surface area contributed by atoms with Gasteiger partial charge in [0.25, 0.3) is 0 Å². The quantitative estimate of drug-likeness (QED) is 0.535. The number of halogens is 1. The zero-order valence-electron chi connectivity index (χ0n) is 5.58. The molecular weight excluding hydrogens is 239 g/mol. The SMILES string of the molecule is Cc1ccc(N=NI)cc1. The first-order valence-corrected chi connectivity index (χ1v) is 3.88. The van der Waals surface area contributed by atoms with Gasteiger partial charge in [0.2, 0.25) is 0 Å². The van der Waals surface area contributed by atoms with Crippen LogP contribution in [0.15, 0.2) is 32.7 Å². The molecule has 0 unspecified atom stereocenters. The fourth-order valence-electron chi connectivity index (χ4n) is 0.655. The van der Waals surface area contributed by atoms with E-state index in [1.54, 1.807) is 0 Å². The van der Waals surface area contributed by atoms with E-state index < -0.39 is 0 Å². The second kappa shape index (κ2) is 3.65. The lowest BCUT2D eigenvalue weighted by Crippen LogP contribution is -1.66. The highest BCUT2D eigenvalue weighted by molar-refractivity contribution is 14.1. The van der Waals surface area contributed by atoms with Gasteiger partial charge >= 0.3 is 0 Å². The molecule has 1 aromatic carbocycles. The number of hydrogen-bond donors (Lipinski definition) is 0. The summed E-state index contributed by atoms with van der Waals surface area (Å²) in [6.07, 6.45) is 0. The molecule has 0 spiro atoms. The van der Waals surface area contributed by atoms with Crippen molar-refractivity contribution in [2.24, 2.45) is 8.44 Å². The van der Waals surface area contributed by atoms with Gasteiger partial charge in [0, 0.05) is 0 Å². The minimum Gasteiger partial charge on any atom is -0.145 e. The summed E-state index contributed by atoms with van der Waals surface area (Å²) in [5, 5.41) is 3.86. The monoisotopic (exact) mass is 246 g/mol. The van der Waals surface area contributed by atoms with Gasteiger partial charge in [-0.2, -0.15) is 0 Å². The van der Waals surface area contributed by atoms with Crippen molar-refractivity contribution in [1.29, 1.82) is 0 Å². The molecule has 0 aromatic heterocycles. The van der Waals surface area contributed by atoms with Crippen LogP contribution in [0.5, 0.6) is 0 Å². The van der Waals surface area contributed by atoms with E-state index in [0.717, 1.165) is 5.69 Å². The Morgan fingerprint density at radius 1 is 1.20 bits per heavy atom. The zero-order chi connectivity index (χ0) is 7.40. The predicted octanol–water partition coefficient (Wildman–Crippen LogP) is 3.43. The first-order chi connectivity index (χ1) is 4.83. The van der Waals surface area contributed by atoms with Crippen LogP contribution < -0.4 is 0 Å². The molecule has 0 radical (unpaired) electrons. The molecule has 3 heteroatoms. The lowest BCUT2D eigenvalue weighted by atomic mass is 10.2. The van der Waals surface area contributed by atoms with Gasteiger partial charge in [-0.3, -0.25) is 0 Å². The summed E-state index contributed by atoms with van der Waals surface area (Å²) < 4.78 is 3.63. The average Bonchev–Trinajstić information content (AvgIpc) is 1.95. The van der Waals surface area contributed by atoms with Crippen molar-refractivity contribution in [2.45, 2.75) is 6.92 Å². The van der Waals surface area contributed by atoms with E-state index in [1.165, 1.54) is 5.56 Å². The molecule has 52 valence electrons. The number of hydrogen-bond acceptors (Lipinski definition) is 2. The molecule has 0 bridgehead atoms. The van der Waals surface area contributed by atoms with Crippen LogP contribution in [0.1, 0.15) is 5.56 Å². The number of aryl methyl sites for hydroxylation is 1. The van der Waals surface area contributed by atoms with E-state index in [2.05, 4.69) is 8.44 Å². The van der Waals surface area contributed by atoms with Crippen LogP contribution in [0.25, 0.3) is 0 Å². The predicted molar refractivity (Wildman–Crippen MR) is 49.7 cm³/mol. The molecule has 0 amide bonds. The summed E-state index contributed by atoms with van der Waals surface area (Å²) in [5.41, 5.74) is 2.15. The normalized spacial score (nSPS) is 10.6. The molecule has 0 N–H and O–H groups in total. The Hall–Kier alpha value is -0.450. The van der Waals surface area contributed by atoms with Crippen LogP contribution in [0.3, 0.4) is 0 Å². The van der Waals surface area contributed by atoms with E-state index in [1.807, 2.05) is 54.1 Å². The fourth-order valence-corrected chi connectivity index (χ4v) is 0.904. The first kappa shape index (κ1) is 7.65. The Morgan fingerprint density at radius 2 is 1.80 bits per heavy atom. The van der Waals surface area contributed by atoms with Gasteiger partial charge in [0.15, 0.2) is 0 Å². The van der Waals surface area contributed by atoms with Crippen molar-refractivity contribution in [2.75, 3.05) is 0 Å². The maximum Gasteiger partial charge on any atom is 0.111 e. The third kappa shape index (κ3) is 2.06. The Balaban J connectivity index is 2.89. The largest absolute Gasteiger partial charge is 0.145 e. The van der Waals surface area contributed by atoms with E-state index in [0.29, 0.717) is 0 Å². The van der Waals surface area contributed by atoms with Crippen LogP contribution in [-0.4, -0.2) is 0 Å².